The van der Waals surface area contributed by atoms with E-state index < -0.39 is 0 Å². The zero-order valence-electron chi connectivity index (χ0n) is 12.2. The van der Waals surface area contributed by atoms with E-state index in [-0.39, 0.29) is 0 Å². The molecule has 22 heavy (non-hydrogen) atoms. The number of furan rings is 1. The average Bonchev–Trinajstić information content (AvgIpc) is 3.11. The van der Waals surface area contributed by atoms with E-state index in [2.05, 4.69) is 20.6 Å². The van der Waals surface area contributed by atoms with E-state index in [1.54, 1.807) is 12.5 Å². The Morgan fingerprint density at radius 3 is 2.91 bits per heavy atom. The number of pyridine rings is 1. The topological polar surface area (TPSA) is 93.7 Å². The second kappa shape index (κ2) is 5.02. The summed E-state index contributed by atoms with van der Waals surface area (Å²) in [6.45, 7) is 0. The van der Waals surface area contributed by atoms with Crippen LogP contribution in [0.3, 0.4) is 0 Å². The van der Waals surface area contributed by atoms with Crippen molar-refractivity contribution < 1.29 is 4.42 Å². The highest BCUT2D eigenvalue weighted by Crippen LogP contribution is 2.38. The van der Waals surface area contributed by atoms with Crippen LogP contribution < -0.4 is 5.73 Å². The summed E-state index contributed by atoms with van der Waals surface area (Å²) in [6.07, 6.45) is 8.21. The lowest BCUT2D eigenvalue weighted by molar-refractivity contribution is 0.283. The molecule has 1 aliphatic carbocycles. The third kappa shape index (κ3) is 1.93. The number of rotatable bonds is 2. The van der Waals surface area contributed by atoms with Crippen LogP contribution in [0.15, 0.2) is 22.9 Å². The van der Waals surface area contributed by atoms with Crippen molar-refractivity contribution in [1.29, 1.82) is 5.26 Å². The summed E-state index contributed by atoms with van der Waals surface area (Å²) in [5.74, 6) is 1.03. The highest BCUT2D eigenvalue weighted by Gasteiger charge is 2.26. The SMILES string of the molecule is N#CCC1CCC(n2c(N)nc3cnc4ccoc4c32)CC1. The summed E-state index contributed by atoms with van der Waals surface area (Å²) in [5.41, 5.74) is 9.46. The van der Waals surface area contributed by atoms with E-state index in [1.807, 2.05) is 6.07 Å². The van der Waals surface area contributed by atoms with Crippen LogP contribution in [0, 0.1) is 17.2 Å². The molecule has 0 atom stereocenters. The van der Waals surface area contributed by atoms with Crippen molar-refractivity contribution in [1.82, 2.24) is 14.5 Å². The molecule has 6 heteroatoms. The smallest absolute Gasteiger partial charge is 0.201 e. The summed E-state index contributed by atoms with van der Waals surface area (Å²) in [5, 5.41) is 8.84. The molecule has 3 aromatic heterocycles. The maximum atomic E-state index is 8.84. The van der Waals surface area contributed by atoms with Crippen LogP contribution in [0.4, 0.5) is 5.95 Å². The third-order valence-electron chi connectivity index (χ3n) is 4.71. The van der Waals surface area contributed by atoms with Gasteiger partial charge >= 0.3 is 0 Å². The maximum Gasteiger partial charge on any atom is 0.201 e. The third-order valence-corrected chi connectivity index (χ3v) is 4.71. The fraction of sp³-hybridized carbons (Fsp3) is 0.438. The van der Waals surface area contributed by atoms with Crippen LogP contribution in [0.1, 0.15) is 38.1 Å². The molecule has 0 amide bonds. The number of fused-ring (bicyclic) bond motifs is 3. The molecule has 1 aliphatic rings. The maximum absolute atomic E-state index is 8.84. The Morgan fingerprint density at radius 2 is 2.14 bits per heavy atom. The molecule has 112 valence electrons. The summed E-state index contributed by atoms with van der Waals surface area (Å²) in [4.78, 5) is 8.78. The van der Waals surface area contributed by atoms with Gasteiger partial charge in [0.05, 0.1) is 18.5 Å². The lowest BCUT2D eigenvalue weighted by atomic mass is 9.84. The first-order valence-corrected chi connectivity index (χ1v) is 7.64. The van der Waals surface area contributed by atoms with Crippen LogP contribution in [-0.4, -0.2) is 14.5 Å². The molecule has 0 saturated heterocycles. The zero-order valence-corrected chi connectivity index (χ0v) is 12.2. The van der Waals surface area contributed by atoms with Crippen molar-refractivity contribution in [3.05, 3.63) is 18.5 Å². The van der Waals surface area contributed by atoms with Crippen LogP contribution in [-0.2, 0) is 0 Å². The predicted molar refractivity (Wildman–Crippen MR) is 82.9 cm³/mol. The first-order chi connectivity index (χ1) is 10.8. The van der Waals surface area contributed by atoms with E-state index in [0.29, 0.717) is 24.3 Å². The number of hydrogen-bond donors (Lipinski definition) is 1. The highest BCUT2D eigenvalue weighted by atomic mass is 16.3. The van der Waals surface area contributed by atoms with Crippen LogP contribution in [0.5, 0.6) is 0 Å². The first-order valence-electron chi connectivity index (χ1n) is 7.64. The minimum absolute atomic E-state index is 0.315. The fourth-order valence-corrected chi connectivity index (χ4v) is 3.60. The van der Waals surface area contributed by atoms with Crippen LogP contribution in [0.2, 0.25) is 0 Å². The second-order valence-electron chi connectivity index (χ2n) is 6.00. The molecule has 0 aromatic carbocycles. The minimum atomic E-state index is 0.315. The van der Waals surface area contributed by atoms with Gasteiger partial charge in [-0.2, -0.15) is 5.26 Å². The van der Waals surface area contributed by atoms with Gasteiger partial charge in [0.1, 0.15) is 16.6 Å². The van der Waals surface area contributed by atoms with Gasteiger partial charge in [0, 0.05) is 18.5 Å². The highest BCUT2D eigenvalue weighted by molar-refractivity contribution is 5.99. The van der Waals surface area contributed by atoms with Crippen molar-refractivity contribution >= 4 is 28.1 Å². The number of nitrogen functional groups attached to an aromatic ring is 1. The van der Waals surface area contributed by atoms with Gasteiger partial charge in [-0.15, -0.1) is 0 Å². The van der Waals surface area contributed by atoms with Gasteiger partial charge in [0.2, 0.25) is 5.95 Å². The normalized spacial score (nSPS) is 22.1. The Bertz CT molecular complexity index is 864. The van der Waals surface area contributed by atoms with Gasteiger partial charge in [0.25, 0.3) is 0 Å². The summed E-state index contributed by atoms with van der Waals surface area (Å²) in [6, 6.07) is 4.45. The Balaban J connectivity index is 1.77. The quantitative estimate of drug-likeness (QED) is 0.782. The molecule has 3 aromatic rings. The lowest BCUT2D eigenvalue weighted by Crippen LogP contribution is -2.19. The minimum Gasteiger partial charge on any atom is -0.460 e. The molecule has 0 spiro atoms. The molecule has 0 aliphatic heterocycles. The number of hydrogen-bond acceptors (Lipinski definition) is 5. The molecule has 0 unspecified atom stereocenters. The molecule has 3 heterocycles. The number of anilines is 1. The molecule has 4 rings (SSSR count). The molecule has 0 radical (unpaired) electrons. The van der Waals surface area contributed by atoms with E-state index in [0.717, 1.165) is 47.8 Å². The predicted octanol–water partition coefficient (Wildman–Crippen LogP) is 3.40. The summed E-state index contributed by atoms with van der Waals surface area (Å²) in [7, 11) is 0. The van der Waals surface area contributed by atoms with Crippen molar-refractivity contribution in [2.75, 3.05) is 5.73 Å². The monoisotopic (exact) mass is 295 g/mol. The van der Waals surface area contributed by atoms with Gasteiger partial charge in [-0.05, 0) is 31.6 Å². The Morgan fingerprint density at radius 1 is 1.32 bits per heavy atom. The standard InChI is InChI=1S/C16H17N5O/c17-7-5-10-1-3-11(4-2-10)21-14-13(20-16(21)18)9-19-12-6-8-22-15(12)14/h6,8-11H,1-5H2,(H2,18,20). The van der Waals surface area contributed by atoms with Gasteiger partial charge < -0.3 is 14.7 Å². The number of imidazole rings is 1. The summed E-state index contributed by atoms with van der Waals surface area (Å²) >= 11 is 0. The van der Waals surface area contributed by atoms with Gasteiger partial charge in [-0.1, -0.05) is 0 Å². The van der Waals surface area contributed by atoms with E-state index in [1.165, 1.54) is 0 Å². The van der Waals surface area contributed by atoms with Crippen molar-refractivity contribution in [2.24, 2.45) is 5.92 Å². The molecule has 2 N–H and O–H groups in total. The van der Waals surface area contributed by atoms with Crippen molar-refractivity contribution in [3.63, 3.8) is 0 Å². The number of nitrogens with two attached hydrogens (primary N) is 1. The Kier molecular flexibility index (Phi) is 3.00. The molecule has 0 bridgehead atoms. The molecular formula is C16H17N5O. The fourth-order valence-electron chi connectivity index (χ4n) is 3.60. The second-order valence-corrected chi connectivity index (χ2v) is 6.00. The van der Waals surface area contributed by atoms with Crippen LogP contribution >= 0.6 is 0 Å². The number of aromatic nitrogens is 3. The average molecular weight is 295 g/mol. The Hall–Kier alpha value is -2.55. The van der Waals surface area contributed by atoms with Gasteiger partial charge in [-0.25, -0.2) is 4.98 Å². The largest absolute Gasteiger partial charge is 0.460 e. The summed E-state index contributed by atoms with van der Waals surface area (Å²) < 4.78 is 7.72. The Labute approximate surface area is 127 Å². The molecule has 1 saturated carbocycles. The zero-order chi connectivity index (χ0) is 15.1. The number of nitrogens with zero attached hydrogens (tertiary/aromatic N) is 4. The first kappa shape index (κ1) is 13.1. The molecule has 1 fully saturated rings. The van der Waals surface area contributed by atoms with Gasteiger partial charge in [0.15, 0.2) is 5.58 Å². The van der Waals surface area contributed by atoms with Crippen molar-refractivity contribution in [3.8, 4) is 6.07 Å². The van der Waals surface area contributed by atoms with Gasteiger partial charge in [-0.3, -0.25) is 4.98 Å². The van der Waals surface area contributed by atoms with E-state index in [9.17, 15) is 0 Å². The van der Waals surface area contributed by atoms with E-state index >= 15 is 0 Å². The molecular weight excluding hydrogens is 278 g/mol. The van der Waals surface area contributed by atoms with Crippen LogP contribution in [0.25, 0.3) is 22.1 Å². The van der Waals surface area contributed by atoms with Crippen molar-refractivity contribution in [2.45, 2.75) is 38.1 Å². The lowest BCUT2D eigenvalue weighted by Gasteiger charge is -2.29. The molecule has 6 nitrogen and oxygen atoms in total. The number of nitriles is 1. The van der Waals surface area contributed by atoms with E-state index in [4.69, 9.17) is 15.4 Å².